The van der Waals surface area contributed by atoms with E-state index in [-0.39, 0.29) is 0 Å². The van der Waals surface area contributed by atoms with E-state index >= 15 is 0 Å². The van der Waals surface area contributed by atoms with Gasteiger partial charge in [0, 0.05) is 17.1 Å². The number of ether oxygens (including phenoxy) is 1. The summed E-state index contributed by atoms with van der Waals surface area (Å²) in [4.78, 5) is 3.96. The maximum absolute atomic E-state index is 9.45. The number of aliphatic hydroxyl groups is 1. The SMILES string of the molecule is CC(C)(O)CCOc1cncc(Br)c1. The standard InChI is InChI=1S/C10H14BrNO2/c1-10(2,13)3-4-14-9-5-8(11)6-12-7-9/h5-7,13H,3-4H2,1-2H3. The molecular weight excluding hydrogens is 246 g/mol. The van der Waals surface area contributed by atoms with Crippen LogP contribution in [-0.4, -0.2) is 22.3 Å². The number of hydrogen-bond acceptors (Lipinski definition) is 3. The van der Waals surface area contributed by atoms with Gasteiger partial charge in [0.2, 0.25) is 0 Å². The Balaban J connectivity index is 2.39. The summed E-state index contributed by atoms with van der Waals surface area (Å²) >= 11 is 3.30. The van der Waals surface area contributed by atoms with Gasteiger partial charge in [-0.15, -0.1) is 0 Å². The van der Waals surface area contributed by atoms with Crippen molar-refractivity contribution in [2.45, 2.75) is 25.9 Å². The minimum absolute atomic E-state index is 0.488. The first-order chi connectivity index (χ1) is 6.47. The van der Waals surface area contributed by atoms with Crippen LogP contribution in [0, 0.1) is 0 Å². The van der Waals surface area contributed by atoms with E-state index in [2.05, 4.69) is 20.9 Å². The van der Waals surface area contributed by atoms with Crippen molar-refractivity contribution in [3.05, 3.63) is 22.9 Å². The van der Waals surface area contributed by atoms with Gasteiger partial charge in [-0.3, -0.25) is 4.98 Å². The normalized spacial score (nSPS) is 11.4. The fourth-order valence-corrected chi connectivity index (χ4v) is 1.23. The fourth-order valence-electron chi connectivity index (χ4n) is 0.890. The number of nitrogens with zero attached hydrogens (tertiary/aromatic N) is 1. The van der Waals surface area contributed by atoms with Gasteiger partial charge < -0.3 is 9.84 Å². The number of aromatic nitrogens is 1. The zero-order valence-corrected chi connectivity index (χ0v) is 9.91. The highest BCUT2D eigenvalue weighted by Crippen LogP contribution is 2.16. The Hall–Kier alpha value is -0.610. The molecule has 0 radical (unpaired) electrons. The first kappa shape index (κ1) is 11.5. The zero-order chi connectivity index (χ0) is 10.6. The molecule has 1 heterocycles. The predicted octanol–water partition coefficient (Wildman–Crippen LogP) is 2.38. The predicted molar refractivity (Wildman–Crippen MR) is 58.3 cm³/mol. The number of hydrogen-bond donors (Lipinski definition) is 1. The lowest BCUT2D eigenvalue weighted by Gasteiger charge is -2.16. The minimum atomic E-state index is -0.681. The van der Waals surface area contributed by atoms with Crippen LogP contribution in [0.2, 0.25) is 0 Å². The average molecular weight is 260 g/mol. The topological polar surface area (TPSA) is 42.4 Å². The molecule has 1 aromatic heterocycles. The minimum Gasteiger partial charge on any atom is -0.492 e. The van der Waals surface area contributed by atoms with Gasteiger partial charge >= 0.3 is 0 Å². The van der Waals surface area contributed by atoms with Gasteiger partial charge in [-0.2, -0.15) is 0 Å². The van der Waals surface area contributed by atoms with E-state index < -0.39 is 5.60 Å². The molecule has 1 N–H and O–H groups in total. The van der Waals surface area contributed by atoms with Gasteiger partial charge in [0.1, 0.15) is 5.75 Å². The Labute approximate surface area is 92.3 Å². The highest BCUT2D eigenvalue weighted by molar-refractivity contribution is 9.10. The van der Waals surface area contributed by atoms with E-state index in [0.29, 0.717) is 18.8 Å². The molecule has 0 spiro atoms. The van der Waals surface area contributed by atoms with E-state index in [4.69, 9.17) is 4.74 Å². The van der Waals surface area contributed by atoms with Crippen LogP contribution in [0.25, 0.3) is 0 Å². The van der Waals surface area contributed by atoms with Gasteiger partial charge in [-0.1, -0.05) is 0 Å². The highest BCUT2D eigenvalue weighted by Gasteiger charge is 2.11. The highest BCUT2D eigenvalue weighted by atomic mass is 79.9. The zero-order valence-electron chi connectivity index (χ0n) is 8.33. The van der Waals surface area contributed by atoms with Crippen molar-refractivity contribution in [1.29, 1.82) is 0 Å². The van der Waals surface area contributed by atoms with Gasteiger partial charge in [0.25, 0.3) is 0 Å². The van der Waals surface area contributed by atoms with Crippen molar-refractivity contribution >= 4 is 15.9 Å². The van der Waals surface area contributed by atoms with Gasteiger partial charge in [-0.25, -0.2) is 0 Å². The second kappa shape index (κ2) is 4.75. The number of rotatable bonds is 4. The summed E-state index contributed by atoms with van der Waals surface area (Å²) in [6.45, 7) is 4.01. The average Bonchev–Trinajstić information content (AvgIpc) is 2.01. The third-order valence-corrected chi connectivity index (χ3v) is 2.10. The third-order valence-electron chi connectivity index (χ3n) is 1.66. The van der Waals surface area contributed by atoms with Gasteiger partial charge in [-0.05, 0) is 35.8 Å². The Morgan fingerprint density at radius 3 is 2.79 bits per heavy atom. The third kappa shape index (κ3) is 4.58. The molecule has 0 fully saturated rings. The second-order valence-electron chi connectivity index (χ2n) is 3.75. The Kier molecular flexibility index (Phi) is 3.89. The summed E-state index contributed by atoms with van der Waals surface area (Å²) in [5.74, 6) is 0.712. The molecule has 1 aromatic rings. The van der Waals surface area contributed by atoms with Crippen molar-refractivity contribution in [2.75, 3.05) is 6.61 Å². The maximum atomic E-state index is 9.45. The molecule has 4 heteroatoms. The van der Waals surface area contributed by atoms with E-state index in [1.54, 1.807) is 26.2 Å². The van der Waals surface area contributed by atoms with Crippen molar-refractivity contribution in [1.82, 2.24) is 4.98 Å². The van der Waals surface area contributed by atoms with Crippen LogP contribution >= 0.6 is 15.9 Å². The largest absolute Gasteiger partial charge is 0.492 e. The van der Waals surface area contributed by atoms with Gasteiger partial charge in [0.15, 0.2) is 0 Å². The molecule has 3 nitrogen and oxygen atoms in total. The lowest BCUT2D eigenvalue weighted by molar-refractivity contribution is 0.0553. The molecule has 78 valence electrons. The Morgan fingerprint density at radius 2 is 2.21 bits per heavy atom. The van der Waals surface area contributed by atoms with Crippen molar-refractivity contribution in [2.24, 2.45) is 0 Å². The van der Waals surface area contributed by atoms with Crippen LogP contribution in [0.5, 0.6) is 5.75 Å². The van der Waals surface area contributed by atoms with Crippen LogP contribution in [-0.2, 0) is 0 Å². The summed E-state index contributed by atoms with van der Waals surface area (Å²) < 4.78 is 6.30. The van der Waals surface area contributed by atoms with Crippen LogP contribution in [0.3, 0.4) is 0 Å². The molecule has 0 aromatic carbocycles. The molecule has 0 bridgehead atoms. The van der Waals surface area contributed by atoms with Crippen LogP contribution in [0.15, 0.2) is 22.9 Å². The molecule has 0 aliphatic heterocycles. The van der Waals surface area contributed by atoms with Crippen molar-refractivity contribution in [3.63, 3.8) is 0 Å². The molecule has 0 unspecified atom stereocenters. The molecule has 1 rings (SSSR count). The maximum Gasteiger partial charge on any atom is 0.138 e. The first-order valence-electron chi connectivity index (χ1n) is 4.43. The Bertz CT molecular complexity index is 296. The summed E-state index contributed by atoms with van der Waals surface area (Å²) in [5.41, 5.74) is -0.681. The van der Waals surface area contributed by atoms with Crippen LogP contribution < -0.4 is 4.74 Å². The summed E-state index contributed by atoms with van der Waals surface area (Å²) in [7, 11) is 0. The lowest BCUT2D eigenvalue weighted by Crippen LogP contribution is -2.21. The Morgan fingerprint density at radius 1 is 1.50 bits per heavy atom. The monoisotopic (exact) mass is 259 g/mol. The van der Waals surface area contributed by atoms with Crippen LogP contribution in [0.1, 0.15) is 20.3 Å². The molecular formula is C10H14BrNO2. The second-order valence-corrected chi connectivity index (χ2v) is 4.67. The van der Waals surface area contributed by atoms with Gasteiger partial charge in [0.05, 0.1) is 18.4 Å². The molecule has 0 amide bonds. The van der Waals surface area contributed by atoms with E-state index in [9.17, 15) is 5.11 Å². The molecule has 0 atom stereocenters. The summed E-state index contributed by atoms with van der Waals surface area (Å²) in [5, 5.41) is 9.45. The summed E-state index contributed by atoms with van der Waals surface area (Å²) in [6.07, 6.45) is 3.94. The van der Waals surface area contributed by atoms with Crippen molar-refractivity contribution < 1.29 is 9.84 Å². The van der Waals surface area contributed by atoms with Crippen LogP contribution in [0.4, 0.5) is 0 Å². The first-order valence-corrected chi connectivity index (χ1v) is 5.22. The number of pyridine rings is 1. The molecule has 0 aliphatic carbocycles. The molecule has 14 heavy (non-hydrogen) atoms. The lowest BCUT2D eigenvalue weighted by atomic mass is 10.1. The van der Waals surface area contributed by atoms with E-state index in [0.717, 1.165) is 4.47 Å². The smallest absolute Gasteiger partial charge is 0.138 e. The quantitative estimate of drug-likeness (QED) is 0.903. The number of halogens is 1. The summed E-state index contributed by atoms with van der Waals surface area (Å²) in [6, 6.07) is 1.84. The van der Waals surface area contributed by atoms with E-state index in [1.165, 1.54) is 0 Å². The molecule has 0 saturated heterocycles. The molecule has 0 aliphatic rings. The van der Waals surface area contributed by atoms with Crippen molar-refractivity contribution in [3.8, 4) is 5.75 Å². The van der Waals surface area contributed by atoms with E-state index in [1.807, 2.05) is 6.07 Å². The fraction of sp³-hybridized carbons (Fsp3) is 0.500. The molecule has 0 saturated carbocycles.